The first-order valence-corrected chi connectivity index (χ1v) is 7.17. The van der Waals surface area contributed by atoms with Crippen LogP contribution in [0.25, 0.3) is 0 Å². The van der Waals surface area contributed by atoms with Crippen molar-refractivity contribution in [1.29, 1.82) is 0 Å². The Morgan fingerprint density at radius 1 is 1.20 bits per heavy atom. The Morgan fingerprint density at radius 2 is 1.95 bits per heavy atom. The van der Waals surface area contributed by atoms with E-state index < -0.39 is 0 Å². The van der Waals surface area contributed by atoms with Crippen LogP contribution in [0.15, 0.2) is 34.8 Å². The molecule has 0 saturated carbocycles. The van der Waals surface area contributed by atoms with Crippen LogP contribution in [0, 0.1) is 13.8 Å². The summed E-state index contributed by atoms with van der Waals surface area (Å²) in [6.45, 7) is 4.79. The van der Waals surface area contributed by atoms with Crippen LogP contribution in [-0.2, 0) is 6.54 Å². The third-order valence-electron chi connectivity index (χ3n) is 3.14. The maximum absolute atomic E-state index is 9.77. The van der Waals surface area contributed by atoms with Gasteiger partial charge < -0.3 is 15.2 Å². The first kappa shape index (κ1) is 14.7. The minimum absolute atomic E-state index is 0.159. The minimum atomic E-state index is 0.159. The molecule has 0 radical (unpaired) electrons. The molecule has 106 valence electrons. The molecule has 0 aromatic heterocycles. The number of phenols is 1. The molecule has 3 nitrogen and oxygen atoms in total. The molecule has 0 unspecified atom stereocenters. The average molecular weight is 336 g/mol. The fraction of sp³-hybridized carbons (Fsp3) is 0.250. The molecule has 4 heteroatoms. The number of hydrogen-bond acceptors (Lipinski definition) is 3. The van der Waals surface area contributed by atoms with Gasteiger partial charge in [0.05, 0.1) is 12.8 Å². The molecule has 20 heavy (non-hydrogen) atoms. The number of anilines is 1. The van der Waals surface area contributed by atoms with E-state index >= 15 is 0 Å². The number of aryl methyl sites for hydroxylation is 2. The molecule has 2 rings (SSSR count). The normalized spacial score (nSPS) is 10.4. The summed E-state index contributed by atoms with van der Waals surface area (Å²) in [5.74, 6) is 0.646. The number of benzene rings is 2. The summed E-state index contributed by atoms with van der Waals surface area (Å²) in [4.78, 5) is 0. The number of ether oxygens (including phenoxy) is 1. The number of hydrogen-bond donors (Lipinski definition) is 2. The number of rotatable bonds is 4. The van der Waals surface area contributed by atoms with Gasteiger partial charge in [0, 0.05) is 11.0 Å². The van der Waals surface area contributed by atoms with Gasteiger partial charge in [-0.2, -0.15) is 0 Å². The van der Waals surface area contributed by atoms with Crippen LogP contribution < -0.4 is 10.1 Å². The maximum atomic E-state index is 9.77. The Bertz CT molecular complexity index is 603. The Morgan fingerprint density at radius 3 is 2.55 bits per heavy atom. The van der Waals surface area contributed by atoms with Crippen LogP contribution in [-0.4, -0.2) is 12.2 Å². The fourth-order valence-electron chi connectivity index (χ4n) is 2.18. The second kappa shape index (κ2) is 6.18. The number of phenolic OH excluding ortho intramolecular Hbond substituents is 1. The first-order chi connectivity index (χ1) is 9.51. The SMILES string of the molecule is COc1ccc(CNc2c(C)cc(C)cc2Br)cc1O. The lowest BCUT2D eigenvalue weighted by atomic mass is 10.1. The molecule has 0 heterocycles. The highest BCUT2D eigenvalue weighted by Crippen LogP contribution is 2.30. The lowest BCUT2D eigenvalue weighted by Gasteiger charge is -2.13. The predicted octanol–water partition coefficient (Wildman–Crippen LogP) is 4.39. The van der Waals surface area contributed by atoms with Crippen molar-refractivity contribution in [3.63, 3.8) is 0 Å². The zero-order valence-electron chi connectivity index (χ0n) is 11.8. The van der Waals surface area contributed by atoms with Crippen molar-refractivity contribution in [1.82, 2.24) is 0 Å². The van der Waals surface area contributed by atoms with Crippen molar-refractivity contribution < 1.29 is 9.84 Å². The summed E-state index contributed by atoms with van der Waals surface area (Å²) in [5.41, 5.74) is 4.48. The zero-order chi connectivity index (χ0) is 14.7. The number of nitrogens with one attached hydrogen (secondary N) is 1. The zero-order valence-corrected chi connectivity index (χ0v) is 13.4. The van der Waals surface area contributed by atoms with Gasteiger partial charge in [-0.1, -0.05) is 12.1 Å². The molecule has 2 aromatic rings. The van der Waals surface area contributed by atoms with Crippen LogP contribution in [0.2, 0.25) is 0 Å². The van der Waals surface area contributed by atoms with Gasteiger partial charge in [0.25, 0.3) is 0 Å². The summed E-state index contributed by atoms with van der Waals surface area (Å²) < 4.78 is 6.09. The molecule has 2 N–H and O–H groups in total. The van der Waals surface area contributed by atoms with Gasteiger partial charge in [-0.25, -0.2) is 0 Å². The lowest BCUT2D eigenvalue weighted by molar-refractivity contribution is 0.373. The monoisotopic (exact) mass is 335 g/mol. The van der Waals surface area contributed by atoms with Gasteiger partial charge >= 0.3 is 0 Å². The molecule has 0 bridgehead atoms. The van der Waals surface area contributed by atoms with E-state index in [1.165, 1.54) is 11.1 Å². The summed E-state index contributed by atoms with van der Waals surface area (Å²) in [6, 6.07) is 9.63. The van der Waals surface area contributed by atoms with Crippen LogP contribution in [0.4, 0.5) is 5.69 Å². The second-order valence-electron chi connectivity index (χ2n) is 4.80. The van der Waals surface area contributed by atoms with Crippen molar-refractivity contribution in [2.24, 2.45) is 0 Å². The van der Waals surface area contributed by atoms with Crippen molar-refractivity contribution >= 4 is 21.6 Å². The topological polar surface area (TPSA) is 41.5 Å². The van der Waals surface area contributed by atoms with Gasteiger partial charge in [0.2, 0.25) is 0 Å². The first-order valence-electron chi connectivity index (χ1n) is 6.37. The Kier molecular flexibility index (Phi) is 4.55. The molecular formula is C16H18BrNO2. The summed E-state index contributed by atoms with van der Waals surface area (Å²) >= 11 is 3.58. The molecule has 0 spiro atoms. The number of methoxy groups -OCH3 is 1. The average Bonchev–Trinajstić information content (AvgIpc) is 2.37. The van der Waals surface area contributed by atoms with E-state index in [1.807, 2.05) is 6.07 Å². The van der Waals surface area contributed by atoms with Gasteiger partial charge in [0.15, 0.2) is 11.5 Å². The molecule has 0 aliphatic carbocycles. The summed E-state index contributed by atoms with van der Waals surface area (Å²) in [7, 11) is 1.54. The van der Waals surface area contributed by atoms with Gasteiger partial charge in [-0.05, 0) is 64.7 Å². The van der Waals surface area contributed by atoms with E-state index in [1.54, 1.807) is 19.2 Å². The van der Waals surface area contributed by atoms with Crippen molar-refractivity contribution in [3.8, 4) is 11.5 Å². The van der Waals surface area contributed by atoms with Gasteiger partial charge in [-0.3, -0.25) is 0 Å². The molecule has 0 amide bonds. The fourth-order valence-corrected chi connectivity index (χ4v) is 2.99. The third kappa shape index (κ3) is 3.25. The Hall–Kier alpha value is -1.68. The van der Waals surface area contributed by atoms with E-state index in [0.717, 1.165) is 15.7 Å². The molecular weight excluding hydrogens is 318 g/mol. The van der Waals surface area contributed by atoms with Crippen LogP contribution in [0.3, 0.4) is 0 Å². The minimum Gasteiger partial charge on any atom is -0.504 e. The lowest BCUT2D eigenvalue weighted by Crippen LogP contribution is -2.02. The molecule has 0 fully saturated rings. The second-order valence-corrected chi connectivity index (χ2v) is 5.65. The summed E-state index contributed by atoms with van der Waals surface area (Å²) in [6.07, 6.45) is 0. The standard InChI is InChI=1S/C16H18BrNO2/c1-10-6-11(2)16(13(17)7-10)18-9-12-4-5-15(20-3)14(19)8-12/h4-8,18-19H,9H2,1-3H3. The number of aromatic hydroxyl groups is 1. The quantitative estimate of drug-likeness (QED) is 0.870. The van der Waals surface area contributed by atoms with Crippen LogP contribution in [0.1, 0.15) is 16.7 Å². The molecule has 0 saturated heterocycles. The van der Waals surface area contributed by atoms with Crippen molar-refractivity contribution in [3.05, 3.63) is 51.5 Å². The molecule has 0 aliphatic rings. The Balaban J connectivity index is 2.15. The molecule has 2 aromatic carbocycles. The van der Waals surface area contributed by atoms with E-state index in [0.29, 0.717) is 12.3 Å². The smallest absolute Gasteiger partial charge is 0.160 e. The van der Waals surface area contributed by atoms with Crippen molar-refractivity contribution in [2.45, 2.75) is 20.4 Å². The highest BCUT2D eigenvalue weighted by molar-refractivity contribution is 9.10. The highest BCUT2D eigenvalue weighted by Gasteiger charge is 2.06. The van der Waals surface area contributed by atoms with Crippen LogP contribution in [0.5, 0.6) is 11.5 Å². The van der Waals surface area contributed by atoms with Crippen LogP contribution >= 0.6 is 15.9 Å². The van der Waals surface area contributed by atoms with E-state index in [9.17, 15) is 5.11 Å². The number of halogens is 1. The van der Waals surface area contributed by atoms with Gasteiger partial charge in [0.1, 0.15) is 0 Å². The molecule has 0 atom stereocenters. The highest BCUT2D eigenvalue weighted by atomic mass is 79.9. The third-order valence-corrected chi connectivity index (χ3v) is 3.77. The largest absolute Gasteiger partial charge is 0.504 e. The summed E-state index contributed by atoms with van der Waals surface area (Å²) in [5, 5.41) is 13.2. The maximum Gasteiger partial charge on any atom is 0.160 e. The Labute approximate surface area is 127 Å². The van der Waals surface area contributed by atoms with E-state index in [4.69, 9.17) is 4.74 Å². The van der Waals surface area contributed by atoms with E-state index in [2.05, 4.69) is 47.2 Å². The van der Waals surface area contributed by atoms with Crippen molar-refractivity contribution in [2.75, 3.05) is 12.4 Å². The molecule has 0 aliphatic heterocycles. The van der Waals surface area contributed by atoms with Gasteiger partial charge in [-0.15, -0.1) is 0 Å². The van der Waals surface area contributed by atoms with E-state index in [-0.39, 0.29) is 5.75 Å². The predicted molar refractivity (Wildman–Crippen MR) is 85.6 cm³/mol.